The molecule has 1 unspecified atom stereocenters. The first-order valence-corrected chi connectivity index (χ1v) is 8.34. The molecule has 0 aliphatic rings. The summed E-state index contributed by atoms with van der Waals surface area (Å²) in [6, 6.07) is 12.7. The zero-order valence-corrected chi connectivity index (χ0v) is 14.5. The fourth-order valence-electron chi connectivity index (χ4n) is 2.01. The SMILES string of the molecule is COc1ccc(C(=O)Nc2nnc(C(C)Oc3ccccc3)s2)cn1. The van der Waals surface area contributed by atoms with E-state index in [2.05, 4.69) is 20.5 Å². The van der Waals surface area contributed by atoms with Crippen molar-refractivity contribution in [1.82, 2.24) is 15.2 Å². The van der Waals surface area contributed by atoms with Crippen LogP contribution in [0.2, 0.25) is 0 Å². The molecule has 0 aliphatic heterocycles. The zero-order valence-electron chi connectivity index (χ0n) is 13.7. The lowest BCUT2D eigenvalue weighted by Crippen LogP contribution is -2.12. The highest BCUT2D eigenvalue weighted by Crippen LogP contribution is 2.26. The van der Waals surface area contributed by atoms with Gasteiger partial charge in [0.2, 0.25) is 11.0 Å². The van der Waals surface area contributed by atoms with Gasteiger partial charge in [0.05, 0.1) is 12.7 Å². The van der Waals surface area contributed by atoms with Crippen LogP contribution in [0.3, 0.4) is 0 Å². The van der Waals surface area contributed by atoms with Gasteiger partial charge in [-0.1, -0.05) is 29.5 Å². The van der Waals surface area contributed by atoms with Gasteiger partial charge in [-0.05, 0) is 25.1 Å². The van der Waals surface area contributed by atoms with E-state index in [-0.39, 0.29) is 12.0 Å². The second-order valence-electron chi connectivity index (χ2n) is 5.06. The van der Waals surface area contributed by atoms with Crippen LogP contribution in [-0.4, -0.2) is 28.2 Å². The Labute approximate surface area is 148 Å². The largest absolute Gasteiger partial charge is 0.483 e. The summed E-state index contributed by atoms with van der Waals surface area (Å²) in [6.45, 7) is 1.88. The molecule has 1 atom stereocenters. The van der Waals surface area contributed by atoms with Crippen LogP contribution in [0.4, 0.5) is 5.13 Å². The fraction of sp³-hybridized carbons (Fsp3) is 0.176. The van der Waals surface area contributed by atoms with E-state index in [1.807, 2.05) is 37.3 Å². The van der Waals surface area contributed by atoms with Crippen LogP contribution >= 0.6 is 11.3 Å². The highest BCUT2D eigenvalue weighted by molar-refractivity contribution is 7.15. The van der Waals surface area contributed by atoms with Crippen molar-refractivity contribution >= 4 is 22.4 Å². The molecule has 8 heteroatoms. The summed E-state index contributed by atoms with van der Waals surface area (Å²) in [6.07, 6.45) is 1.17. The molecule has 1 aromatic carbocycles. The van der Waals surface area contributed by atoms with Gasteiger partial charge in [-0.15, -0.1) is 10.2 Å². The summed E-state index contributed by atoms with van der Waals surface area (Å²) in [4.78, 5) is 16.2. The van der Waals surface area contributed by atoms with Crippen molar-refractivity contribution in [3.63, 3.8) is 0 Å². The number of hydrogen-bond donors (Lipinski definition) is 1. The Morgan fingerprint density at radius 2 is 1.96 bits per heavy atom. The van der Waals surface area contributed by atoms with E-state index < -0.39 is 0 Å². The van der Waals surface area contributed by atoms with Crippen LogP contribution in [0.5, 0.6) is 11.6 Å². The number of nitrogens with one attached hydrogen (secondary N) is 1. The molecule has 0 saturated carbocycles. The summed E-state index contributed by atoms with van der Waals surface area (Å²) in [5, 5.41) is 11.8. The van der Waals surface area contributed by atoms with Crippen LogP contribution in [-0.2, 0) is 0 Å². The number of nitrogens with zero attached hydrogens (tertiary/aromatic N) is 3. The van der Waals surface area contributed by atoms with Gasteiger partial charge < -0.3 is 9.47 Å². The Bertz CT molecular complexity index is 837. The van der Waals surface area contributed by atoms with Crippen LogP contribution in [0, 0.1) is 0 Å². The lowest BCUT2D eigenvalue weighted by molar-refractivity contribution is 0.102. The van der Waals surface area contributed by atoms with E-state index in [0.717, 1.165) is 5.75 Å². The maximum absolute atomic E-state index is 12.2. The van der Waals surface area contributed by atoms with E-state index in [4.69, 9.17) is 9.47 Å². The van der Waals surface area contributed by atoms with Crippen molar-refractivity contribution in [1.29, 1.82) is 0 Å². The number of para-hydroxylation sites is 1. The summed E-state index contributed by atoms with van der Waals surface area (Å²) in [5.74, 6) is 0.885. The second kappa shape index (κ2) is 7.71. The van der Waals surface area contributed by atoms with E-state index >= 15 is 0 Å². The van der Waals surface area contributed by atoms with Gasteiger partial charge in [-0.3, -0.25) is 10.1 Å². The second-order valence-corrected chi connectivity index (χ2v) is 6.07. The number of anilines is 1. The maximum Gasteiger partial charge on any atom is 0.259 e. The predicted octanol–water partition coefficient (Wildman–Crippen LogP) is 3.33. The molecule has 0 spiro atoms. The van der Waals surface area contributed by atoms with Gasteiger partial charge in [0, 0.05) is 12.3 Å². The average molecular weight is 356 g/mol. The van der Waals surface area contributed by atoms with E-state index in [1.54, 1.807) is 12.1 Å². The molecule has 0 fully saturated rings. The van der Waals surface area contributed by atoms with Crippen LogP contribution in [0.25, 0.3) is 0 Å². The van der Waals surface area contributed by atoms with Gasteiger partial charge in [0.1, 0.15) is 11.9 Å². The fourth-order valence-corrected chi connectivity index (χ4v) is 2.73. The van der Waals surface area contributed by atoms with E-state index in [1.165, 1.54) is 24.6 Å². The molecule has 0 saturated heterocycles. The van der Waals surface area contributed by atoms with Gasteiger partial charge >= 0.3 is 0 Å². The summed E-state index contributed by atoms with van der Waals surface area (Å²) >= 11 is 1.27. The molecule has 7 nitrogen and oxygen atoms in total. The van der Waals surface area contributed by atoms with Gasteiger partial charge in [0.25, 0.3) is 5.91 Å². The van der Waals surface area contributed by atoms with Crippen LogP contribution < -0.4 is 14.8 Å². The molecule has 0 radical (unpaired) electrons. The zero-order chi connectivity index (χ0) is 17.6. The molecule has 25 heavy (non-hydrogen) atoms. The number of carbonyl (C=O) groups excluding carboxylic acids is 1. The van der Waals surface area contributed by atoms with Crippen molar-refractivity contribution in [3.8, 4) is 11.6 Å². The number of hydrogen-bond acceptors (Lipinski definition) is 7. The standard InChI is InChI=1S/C17H16N4O3S/c1-11(24-13-6-4-3-5-7-13)16-20-21-17(25-16)19-15(22)12-8-9-14(23-2)18-10-12/h3-11H,1-2H3,(H,19,21,22). The molecule has 128 valence electrons. The average Bonchev–Trinajstić information content (AvgIpc) is 3.11. The predicted molar refractivity (Wildman–Crippen MR) is 94.1 cm³/mol. The maximum atomic E-state index is 12.2. The first kappa shape index (κ1) is 16.8. The van der Waals surface area contributed by atoms with Gasteiger partial charge in [0.15, 0.2) is 5.01 Å². The minimum atomic E-state index is -0.311. The monoisotopic (exact) mass is 356 g/mol. The molecule has 3 aromatic rings. The summed E-state index contributed by atoms with van der Waals surface area (Å²) in [5.41, 5.74) is 0.408. The normalized spacial score (nSPS) is 11.6. The molecule has 2 aromatic heterocycles. The minimum absolute atomic E-state index is 0.270. The Morgan fingerprint density at radius 1 is 1.16 bits per heavy atom. The Balaban J connectivity index is 1.63. The van der Waals surface area contributed by atoms with Crippen molar-refractivity contribution < 1.29 is 14.3 Å². The van der Waals surface area contributed by atoms with Crippen molar-refractivity contribution in [2.75, 3.05) is 12.4 Å². The topological polar surface area (TPSA) is 86.2 Å². The lowest BCUT2D eigenvalue weighted by Gasteiger charge is -2.10. The molecular formula is C17H16N4O3S. The van der Waals surface area contributed by atoms with Gasteiger partial charge in [-0.2, -0.15) is 0 Å². The third-order valence-corrected chi connectivity index (χ3v) is 4.27. The first-order chi connectivity index (χ1) is 12.2. The number of aromatic nitrogens is 3. The number of amides is 1. The molecule has 0 bridgehead atoms. The smallest absolute Gasteiger partial charge is 0.259 e. The molecule has 1 N–H and O–H groups in total. The van der Waals surface area contributed by atoms with E-state index in [9.17, 15) is 4.79 Å². The number of carbonyl (C=O) groups is 1. The third-order valence-electron chi connectivity index (χ3n) is 3.27. The van der Waals surface area contributed by atoms with Crippen LogP contribution in [0.1, 0.15) is 28.4 Å². The lowest BCUT2D eigenvalue weighted by atomic mass is 10.3. The molecular weight excluding hydrogens is 340 g/mol. The number of ether oxygens (including phenoxy) is 2. The molecule has 1 amide bonds. The summed E-state index contributed by atoms with van der Waals surface area (Å²) < 4.78 is 10.8. The molecule has 3 rings (SSSR count). The van der Waals surface area contributed by atoms with Gasteiger partial charge in [-0.25, -0.2) is 4.98 Å². The highest BCUT2D eigenvalue weighted by Gasteiger charge is 2.16. The number of pyridine rings is 1. The number of methoxy groups -OCH3 is 1. The number of benzene rings is 1. The van der Waals surface area contributed by atoms with E-state index in [0.29, 0.717) is 21.6 Å². The molecule has 0 aliphatic carbocycles. The quantitative estimate of drug-likeness (QED) is 0.729. The van der Waals surface area contributed by atoms with Crippen molar-refractivity contribution in [2.24, 2.45) is 0 Å². The van der Waals surface area contributed by atoms with Crippen molar-refractivity contribution in [2.45, 2.75) is 13.0 Å². The minimum Gasteiger partial charge on any atom is -0.483 e. The Hall–Kier alpha value is -3.00. The highest BCUT2D eigenvalue weighted by atomic mass is 32.1. The van der Waals surface area contributed by atoms with Crippen LogP contribution in [0.15, 0.2) is 48.7 Å². The molecule has 2 heterocycles. The number of rotatable bonds is 6. The first-order valence-electron chi connectivity index (χ1n) is 7.52. The Kier molecular flexibility index (Phi) is 5.20. The third kappa shape index (κ3) is 4.30. The van der Waals surface area contributed by atoms with Crippen molar-refractivity contribution in [3.05, 3.63) is 59.2 Å². The Morgan fingerprint density at radius 3 is 2.64 bits per heavy atom. The summed E-state index contributed by atoms with van der Waals surface area (Å²) in [7, 11) is 1.52.